The zero-order valence-corrected chi connectivity index (χ0v) is 18.1. The second kappa shape index (κ2) is 12.2. The molecule has 2 fully saturated rings. The normalized spacial score (nSPS) is 30.2. The van der Waals surface area contributed by atoms with Gasteiger partial charge in [-0.15, -0.1) is 0 Å². The second-order valence-electron chi connectivity index (χ2n) is 7.31. The summed E-state index contributed by atoms with van der Waals surface area (Å²) in [6, 6.07) is 0. The Bertz CT molecular complexity index is 497. The molecule has 5 atom stereocenters. The molecule has 2 aliphatic rings. The number of rotatable bonds is 10. The predicted molar refractivity (Wildman–Crippen MR) is 97.1 cm³/mol. The number of aliphatic hydroxyl groups excluding tert-OH is 2. The van der Waals surface area contributed by atoms with E-state index in [2.05, 4.69) is 6.92 Å². The molecular weight excluding hydrogens is 343 g/mol. The van der Waals surface area contributed by atoms with Crippen LogP contribution >= 0.6 is 0 Å². The van der Waals surface area contributed by atoms with Gasteiger partial charge in [-0.3, -0.25) is 4.79 Å². The number of ether oxygens (including phenoxy) is 1. The Morgan fingerprint density at radius 3 is 2.85 bits per heavy atom. The van der Waals surface area contributed by atoms with Crippen LogP contribution in [-0.2, 0) is 9.53 Å². The van der Waals surface area contributed by atoms with Gasteiger partial charge < -0.3 is 21.5 Å². The fourth-order valence-corrected chi connectivity index (χ4v) is 3.86. The van der Waals surface area contributed by atoms with Crippen LogP contribution in [0.2, 0.25) is 0 Å². The molecule has 1 heterocycles. The Morgan fingerprint density at radius 1 is 1.38 bits per heavy atom. The molecule has 1 aliphatic heterocycles. The van der Waals surface area contributed by atoms with Gasteiger partial charge in [-0.1, -0.05) is 38.3 Å². The maximum atomic E-state index is 10.5. The molecule has 26 heavy (non-hydrogen) atoms. The average molecular weight is 376 g/mol. The Kier molecular flexibility index (Phi) is 11.1. The Balaban J connectivity index is 0.00000338. The van der Waals surface area contributed by atoms with Crippen LogP contribution in [0.25, 0.3) is 0 Å². The third-order valence-corrected chi connectivity index (χ3v) is 5.26. The van der Waals surface area contributed by atoms with Crippen molar-refractivity contribution in [3.8, 4) is 0 Å². The van der Waals surface area contributed by atoms with Gasteiger partial charge in [-0.2, -0.15) is 0 Å². The van der Waals surface area contributed by atoms with Gasteiger partial charge in [-0.05, 0) is 25.3 Å². The molecule has 0 spiro atoms. The van der Waals surface area contributed by atoms with Gasteiger partial charge in [0.2, 0.25) is 0 Å². The molecule has 0 unspecified atom stereocenters. The van der Waals surface area contributed by atoms with Gasteiger partial charge in [0, 0.05) is 31.1 Å². The van der Waals surface area contributed by atoms with E-state index in [1.54, 1.807) is 0 Å². The minimum atomic E-state index is -0.770. The van der Waals surface area contributed by atoms with Crippen LogP contribution in [0.5, 0.6) is 0 Å². The van der Waals surface area contributed by atoms with Crippen molar-refractivity contribution in [1.82, 2.24) is 0 Å². The van der Waals surface area contributed by atoms with Crippen molar-refractivity contribution in [2.75, 3.05) is 0 Å². The molecule has 144 valence electrons. The largest absolute Gasteiger partial charge is 1.00 e. The van der Waals surface area contributed by atoms with E-state index >= 15 is 0 Å². The molecule has 3 N–H and O–H groups in total. The number of aliphatic hydroxyl groups is 2. The van der Waals surface area contributed by atoms with Crippen molar-refractivity contribution in [2.45, 2.75) is 83.0 Å². The summed E-state index contributed by atoms with van der Waals surface area (Å²) in [6.45, 7) is 2.14. The molecule has 5 nitrogen and oxygen atoms in total. The molecule has 0 radical (unpaired) electrons. The van der Waals surface area contributed by atoms with Crippen molar-refractivity contribution in [2.24, 2.45) is 11.8 Å². The van der Waals surface area contributed by atoms with Gasteiger partial charge in [0.15, 0.2) is 0 Å². The van der Waals surface area contributed by atoms with E-state index in [1.807, 2.05) is 18.2 Å². The summed E-state index contributed by atoms with van der Waals surface area (Å²) < 4.78 is 5.94. The second-order valence-corrected chi connectivity index (χ2v) is 7.31. The van der Waals surface area contributed by atoms with Gasteiger partial charge in [0.05, 0.1) is 18.0 Å². The van der Waals surface area contributed by atoms with Crippen LogP contribution in [0.1, 0.15) is 66.1 Å². The summed E-state index contributed by atoms with van der Waals surface area (Å²) in [5.74, 6) is 0.429. The van der Waals surface area contributed by atoms with Crippen LogP contribution in [0.15, 0.2) is 24.0 Å². The van der Waals surface area contributed by atoms with E-state index in [0.717, 1.165) is 37.9 Å². The average Bonchev–Trinajstić information content (AvgIpc) is 3.06. The first-order chi connectivity index (χ1) is 12.0. The monoisotopic (exact) mass is 376 g/mol. The number of aliphatic carboxylic acids is 1. The maximum Gasteiger partial charge on any atom is 1.00 e. The summed E-state index contributed by atoms with van der Waals surface area (Å²) in [7, 11) is 0. The number of fused-ring (bicyclic) bond motifs is 1. The van der Waals surface area contributed by atoms with Crippen LogP contribution < -0.4 is 29.6 Å². The minimum Gasteiger partial charge on any atom is -1.00 e. The Morgan fingerprint density at radius 2 is 2.15 bits per heavy atom. The maximum absolute atomic E-state index is 10.5. The third kappa shape index (κ3) is 7.35. The molecule has 1 saturated heterocycles. The number of hydrogen-bond acceptors (Lipinski definition) is 4. The third-order valence-electron chi connectivity index (χ3n) is 5.26. The Hall–Kier alpha value is -0.330. The number of hydrogen-bond donors (Lipinski definition) is 3. The summed E-state index contributed by atoms with van der Waals surface area (Å²) >= 11 is 0. The standard InChI is InChI=1S/C20H32O5.Na.H/c1-2-3-4-7-14(21)10-11-16-17-12-15(8-5-6-9-20(23)24)25-19(17)13-18(16)22;;/h8,10-11,14,16-19,21-22H,2-7,9,12-13H2,1H3,(H,23,24);;/q;+1;-1/b11-10+,15-8-;;/t14-,16+,17+,18+,19-;;/m0../s1. The SMILES string of the molecule is CCCCC[C@H](O)/C=C/[C@@H]1[C@H]2C/C(=C/CCCC(=O)O)O[C@H]2C[C@H]1O.[H-].[Na+]. The molecule has 0 amide bonds. The molecule has 0 bridgehead atoms. The first kappa shape index (κ1) is 23.7. The van der Waals surface area contributed by atoms with Crippen molar-refractivity contribution in [3.05, 3.63) is 24.0 Å². The molecule has 0 aromatic rings. The van der Waals surface area contributed by atoms with E-state index in [-0.39, 0.29) is 55.3 Å². The molecule has 1 saturated carbocycles. The Labute approximate surface area is 180 Å². The van der Waals surface area contributed by atoms with Gasteiger partial charge in [-0.25, -0.2) is 0 Å². The number of allylic oxidation sites excluding steroid dienone is 2. The number of carboxylic acids is 1. The predicted octanol–water partition coefficient (Wildman–Crippen LogP) is 0.525. The minimum absolute atomic E-state index is 0. The molecule has 1 aliphatic carbocycles. The number of unbranched alkanes of at least 4 members (excludes halogenated alkanes) is 3. The molecule has 0 aromatic heterocycles. The zero-order chi connectivity index (χ0) is 18.2. The van der Waals surface area contributed by atoms with Crippen LogP contribution in [0.4, 0.5) is 0 Å². The van der Waals surface area contributed by atoms with E-state index in [0.29, 0.717) is 19.3 Å². The zero-order valence-electron chi connectivity index (χ0n) is 17.1. The molecule has 6 heteroatoms. The number of carboxylic acid groups (broad SMARTS) is 1. The summed E-state index contributed by atoms with van der Waals surface area (Å²) in [6.07, 6.45) is 12.0. The van der Waals surface area contributed by atoms with Crippen LogP contribution in [-0.4, -0.2) is 39.6 Å². The topological polar surface area (TPSA) is 87.0 Å². The summed E-state index contributed by atoms with van der Waals surface area (Å²) in [4.78, 5) is 10.5. The first-order valence-electron chi connectivity index (χ1n) is 9.63. The van der Waals surface area contributed by atoms with E-state index in [4.69, 9.17) is 9.84 Å². The summed E-state index contributed by atoms with van der Waals surface area (Å²) in [5.41, 5.74) is 0. The van der Waals surface area contributed by atoms with Crippen LogP contribution in [0, 0.1) is 11.8 Å². The van der Waals surface area contributed by atoms with Crippen molar-refractivity contribution in [1.29, 1.82) is 0 Å². The molecule has 0 aromatic carbocycles. The molecule has 2 rings (SSSR count). The molecular formula is C20H33NaO5. The smallest absolute Gasteiger partial charge is 1.00 e. The van der Waals surface area contributed by atoms with Crippen LogP contribution in [0.3, 0.4) is 0 Å². The van der Waals surface area contributed by atoms with Crippen molar-refractivity contribution < 1.29 is 55.8 Å². The fraction of sp³-hybridized carbons (Fsp3) is 0.750. The quantitative estimate of drug-likeness (QED) is 0.294. The van der Waals surface area contributed by atoms with E-state index in [1.165, 1.54) is 0 Å². The fourth-order valence-electron chi connectivity index (χ4n) is 3.86. The summed E-state index contributed by atoms with van der Waals surface area (Å²) in [5, 5.41) is 29.0. The first-order valence-corrected chi connectivity index (χ1v) is 9.63. The van der Waals surface area contributed by atoms with E-state index in [9.17, 15) is 15.0 Å². The van der Waals surface area contributed by atoms with Gasteiger partial charge >= 0.3 is 35.5 Å². The van der Waals surface area contributed by atoms with Crippen molar-refractivity contribution in [3.63, 3.8) is 0 Å². The number of carbonyl (C=O) groups is 1. The van der Waals surface area contributed by atoms with Gasteiger partial charge in [0.1, 0.15) is 6.10 Å². The van der Waals surface area contributed by atoms with E-state index < -0.39 is 18.2 Å². The van der Waals surface area contributed by atoms with Crippen molar-refractivity contribution >= 4 is 5.97 Å². The van der Waals surface area contributed by atoms with Gasteiger partial charge in [0.25, 0.3) is 0 Å².